The first-order valence-corrected chi connectivity index (χ1v) is 8.17. The molecule has 3 aromatic rings. The third kappa shape index (κ3) is 3.87. The van der Waals surface area contributed by atoms with Crippen LogP contribution in [0.1, 0.15) is 11.4 Å². The summed E-state index contributed by atoms with van der Waals surface area (Å²) < 4.78 is 46.8. The lowest BCUT2D eigenvalue weighted by molar-refractivity contribution is 0.277. The Labute approximate surface area is 145 Å². The van der Waals surface area contributed by atoms with Crippen LogP contribution < -0.4 is 10.6 Å². The molecule has 130 valence electrons. The van der Waals surface area contributed by atoms with E-state index >= 15 is 0 Å². The Balaban J connectivity index is 1.65. The molecule has 1 aromatic heterocycles. The zero-order valence-corrected chi connectivity index (χ0v) is 13.6. The van der Waals surface area contributed by atoms with Gasteiger partial charge in [0.25, 0.3) is 0 Å². The normalized spacial score (nSPS) is 10.8. The summed E-state index contributed by atoms with van der Waals surface area (Å²) in [5, 5.41) is 8.04. The average Bonchev–Trinajstić information content (AvgIpc) is 2.96. The van der Waals surface area contributed by atoms with E-state index in [1.165, 1.54) is 28.9 Å². The van der Waals surface area contributed by atoms with Crippen molar-refractivity contribution in [3.8, 4) is 5.75 Å². The van der Waals surface area contributed by atoms with Gasteiger partial charge in [-0.3, -0.25) is 0 Å². The fourth-order valence-corrected chi connectivity index (χ4v) is 2.86. The molecule has 0 spiro atoms. The minimum atomic E-state index is -0.911. The molecule has 0 unspecified atom stereocenters. The Morgan fingerprint density at radius 2 is 1.76 bits per heavy atom. The molecule has 3 rings (SSSR count). The van der Waals surface area contributed by atoms with Crippen LogP contribution in [0.5, 0.6) is 5.75 Å². The summed E-state index contributed by atoms with van der Waals surface area (Å²) in [6, 6.07) is 9.90. The van der Waals surface area contributed by atoms with Gasteiger partial charge in [-0.05, 0) is 18.2 Å². The van der Waals surface area contributed by atoms with E-state index < -0.39 is 17.5 Å². The van der Waals surface area contributed by atoms with Gasteiger partial charge in [-0.1, -0.05) is 36.0 Å². The van der Waals surface area contributed by atoms with E-state index in [-0.39, 0.29) is 29.5 Å². The van der Waals surface area contributed by atoms with Gasteiger partial charge in [0.05, 0.1) is 0 Å². The number of halogens is 3. The third-order valence-electron chi connectivity index (χ3n) is 3.32. The second kappa shape index (κ2) is 7.47. The molecule has 0 radical (unpaired) electrons. The van der Waals surface area contributed by atoms with E-state index in [1.54, 1.807) is 12.1 Å². The number of para-hydroxylation sites is 1. The average molecular weight is 366 g/mol. The highest BCUT2D eigenvalue weighted by Crippen LogP contribution is 2.23. The first kappa shape index (κ1) is 17.2. The number of nitrogens with zero attached hydrogens (tertiary/aromatic N) is 3. The maximum Gasteiger partial charge on any atom is 0.210 e. The minimum absolute atomic E-state index is 0.0709. The van der Waals surface area contributed by atoms with Crippen LogP contribution in [0.4, 0.5) is 13.2 Å². The Hall–Kier alpha value is -2.68. The predicted octanol–water partition coefficient (Wildman–Crippen LogP) is 3.28. The van der Waals surface area contributed by atoms with Crippen molar-refractivity contribution in [1.29, 1.82) is 0 Å². The predicted molar refractivity (Wildman–Crippen MR) is 86.8 cm³/mol. The highest BCUT2D eigenvalue weighted by Gasteiger charge is 2.14. The van der Waals surface area contributed by atoms with Gasteiger partial charge in [-0.2, -0.15) is 0 Å². The number of hydrogen-bond acceptors (Lipinski definition) is 5. The molecule has 0 aliphatic heterocycles. The fourth-order valence-electron chi connectivity index (χ4n) is 2.01. The molecule has 0 fully saturated rings. The van der Waals surface area contributed by atoms with Crippen molar-refractivity contribution in [2.24, 2.45) is 0 Å². The zero-order valence-electron chi connectivity index (χ0n) is 12.8. The Kier molecular flexibility index (Phi) is 5.13. The SMILES string of the molecule is Nn1c(COc2ccccc2F)nnc1SCc1cccc(F)c1F. The molecule has 2 N–H and O–H groups in total. The monoisotopic (exact) mass is 366 g/mol. The van der Waals surface area contributed by atoms with E-state index in [0.717, 1.165) is 17.8 Å². The van der Waals surface area contributed by atoms with E-state index in [1.807, 2.05) is 0 Å². The number of nitrogen functional groups attached to an aromatic ring is 1. The standard InChI is InChI=1S/C16H13F3N4OS/c17-11-5-1-2-7-13(11)24-8-14-21-22-16(23(14)20)25-9-10-4-3-6-12(18)15(10)19/h1-7H,8-9,20H2. The lowest BCUT2D eigenvalue weighted by Gasteiger charge is -2.07. The number of ether oxygens (including phenoxy) is 1. The second-order valence-electron chi connectivity index (χ2n) is 4.99. The topological polar surface area (TPSA) is 66.0 Å². The smallest absolute Gasteiger partial charge is 0.210 e. The molecule has 0 saturated heterocycles. The number of nitrogens with two attached hydrogens (primary N) is 1. The van der Waals surface area contributed by atoms with Gasteiger partial charge in [-0.15, -0.1) is 10.2 Å². The van der Waals surface area contributed by atoms with E-state index in [0.29, 0.717) is 5.16 Å². The van der Waals surface area contributed by atoms with E-state index in [4.69, 9.17) is 10.6 Å². The summed E-state index contributed by atoms with van der Waals surface area (Å²) in [7, 11) is 0. The molecule has 1 heterocycles. The molecule has 0 aliphatic carbocycles. The van der Waals surface area contributed by atoms with Crippen LogP contribution >= 0.6 is 11.8 Å². The maximum absolute atomic E-state index is 13.6. The summed E-state index contributed by atoms with van der Waals surface area (Å²) in [5.41, 5.74) is 0.192. The van der Waals surface area contributed by atoms with Crippen molar-refractivity contribution in [3.63, 3.8) is 0 Å². The summed E-state index contributed by atoms with van der Waals surface area (Å²) in [6.45, 7) is -0.0840. The van der Waals surface area contributed by atoms with Crippen LogP contribution in [-0.4, -0.2) is 14.9 Å². The maximum atomic E-state index is 13.6. The molecule has 25 heavy (non-hydrogen) atoms. The van der Waals surface area contributed by atoms with Crippen LogP contribution in [0.15, 0.2) is 47.6 Å². The van der Waals surface area contributed by atoms with Gasteiger partial charge in [0.2, 0.25) is 5.16 Å². The van der Waals surface area contributed by atoms with Crippen LogP contribution in [0, 0.1) is 17.5 Å². The number of thioether (sulfide) groups is 1. The minimum Gasteiger partial charge on any atom is -0.482 e. The summed E-state index contributed by atoms with van der Waals surface area (Å²) in [6.07, 6.45) is 0. The molecule has 2 aromatic carbocycles. The van der Waals surface area contributed by atoms with Gasteiger partial charge in [-0.25, -0.2) is 17.8 Å². The van der Waals surface area contributed by atoms with Crippen molar-refractivity contribution in [1.82, 2.24) is 14.9 Å². The second-order valence-corrected chi connectivity index (χ2v) is 5.93. The quantitative estimate of drug-likeness (QED) is 0.536. The number of benzene rings is 2. The lowest BCUT2D eigenvalue weighted by Crippen LogP contribution is -2.16. The molecule has 0 saturated carbocycles. The molecular weight excluding hydrogens is 353 g/mol. The molecular formula is C16H13F3N4OS. The molecule has 0 atom stereocenters. The van der Waals surface area contributed by atoms with Crippen molar-refractivity contribution < 1.29 is 17.9 Å². The van der Waals surface area contributed by atoms with Gasteiger partial charge in [0.15, 0.2) is 29.0 Å². The highest BCUT2D eigenvalue weighted by molar-refractivity contribution is 7.98. The molecule has 9 heteroatoms. The van der Waals surface area contributed by atoms with Crippen molar-refractivity contribution in [2.45, 2.75) is 17.5 Å². The Morgan fingerprint density at radius 1 is 1.00 bits per heavy atom. The third-order valence-corrected chi connectivity index (χ3v) is 4.31. The summed E-state index contributed by atoms with van der Waals surface area (Å²) in [4.78, 5) is 0. The van der Waals surface area contributed by atoms with Gasteiger partial charge in [0.1, 0.15) is 6.61 Å². The number of rotatable bonds is 6. The molecule has 5 nitrogen and oxygen atoms in total. The van der Waals surface area contributed by atoms with E-state index in [9.17, 15) is 13.2 Å². The van der Waals surface area contributed by atoms with Crippen LogP contribution in [-0.2, 0) is 12.4 Å². The summed E-state index contributed by atoms with van der Waals surface area (Å²) >= 11 is 1.10. The van der Waals surface area contributed by atoms with Crippen molar-refractivity contribution in [2.75, 3.05) is 5.84 Å². The molecule has 0 amide bonds. The summed E-state index contributed by atoms with van der Waals surface area (Å²) in [5.74, 6) is 4.03. The van der Waals surface area contributed by atoms with Gasteiger partial charge in [0, 0.05) is 11.3 Å². The largest absolute Gasteiger partial charge is 0.482 e. The first-order valence-electron chi connectivity index (χ1n) is 7.18. The first-order chi connectivity index (χ1) is 12.1. The molecule has 0 aliphatic rings. The number of aromatic nitrogens is 3. The van der Waals surface area contributed by atoms with Gasteiger partial charge >= 0.3 is 0 Å². The highest BCUT2D eigenvalue weighted by atomic mass is 32.2. The van der Waals surface area contributed by atoms with Crippen LogP contribution in [0.2, 0.25) is 0 Å². The number of hydrogen-bond donors (Lipinski definition) is 1. The van der Waals surface area contributed by atoms with Crippen molar-refractivity contribution >= 4 is 11.8 Å². The lowest BCUT2D eigenvalue weighted by atomic mass is 10.2. The van der Waals surface area contributed by atoms with Crippen molar-refractivity contribution in [3.05, 3.63) is 71.3 Å². The van der Waals surface area contributed by atoms with E-state index in [2.05, 4.69) is 10.2 Å². The van der Waals surface area contributed by atoms with Crippen LogP contribution in [0.3, 0.4) is 0 Å². The fraction of sp³-hybridized carbons (Fsp3) is 0.125. The zero-order chi connectivity index (χ0) is 17.8. The Morgan fingerprint density at radius 3 is 2.56 bits per heavy atom. The molecule has 0 bridgehead atoms. The van der Waals surface area contributed by atoms with Crippen LogP contribution in [0.25, 0.3) is 0 Å². The Bertz CT molecular complexity index is 888. The van der Waals surface area contributed by atoms with Gasteiger partial charge < -0.3 is 10.6 Å².